The minimum Gasteiger partial charge on any atom is -0.211 e. The molecular formula is C7H14BrNO2S. The zero-order valence-electron chi connectivity index (χ0n) is 7.38. The largest absolute Gasteiger partial charge is 0.224 e. The summed E-state index contributed by atoms with van der Waals surface area (Å²) >= 11 is 2.98. The fourth-order valence-corrected chi connectivity index (χ4v) is 3.32. The van der Waals surface area contributed by atoms with E-state index in [0.29, 0.717) is 13.1 Å². The molecule has 12 heavy (non-hydrogen) atoms. The average Bonchev–Trinajstić information content (AvgIpc) is 1.98. The van der Waals surface area contributed by atoms with Crippen LogP contribution in [0.3, 0.4) is 0 Å². The Labute approximate surface area is 82.3 Å². The van der Waals surface area contributed by atoms with Gasteiger partial charge in [-0.2, -0.15) is 0 Å². The molecule has 0 radical (unpaired) electrons. The first-order valence-electron chi connectivity index (χ1n) is 3.97. The van der Waals surface area contributed by atoms with Crippen LogP contribution in [0.25, 0.3) is 0 Å². The highest BCUT2D eigenvalue weighted by Crippen LogP contribution is 2.35. The van der Waals surface area contributed by atoms with Crippen LogP contribution in [0.2, 0.25) is 0 Å². The van der Waals surface area contributed by atoms with E-state index in [2.05, 4.69) is 29.8 Å². The van der Waals surface area contributed by atoms with Crippen molar-refractivity contribution in [1.29, 1.82) is 0 Å². The van der Waals surface area contributed by atoms with Gasteiger partial charge in [-0.05, 0) is 11.8 Å². The van der Waals surface area contributed by atoms with Gasteiger partial charge in [0.15, 0.2) is 0 Å². The molecule has 0 atom stereocenters. The Morgan fingerprint density at radius 2 is 2.00 bits per heavy atom. The number of hydrogen-bond acceptors (Lipinski definition) is 2. The van der Waals surface area contributed by atoms with Crippen LogP contribution in [-0.4, -0.2) is 30.5 Å². The normalized spacial score (nSPS) is 23.6. The number of sulfonamides is 1. The van der Waals surface area contributed by atoms with Crippen molar-refractivity contribution in [2.75, 3.05) is 17.8 Å². The number of alkyl halides is 1. The predicted molar refractivity (Wildman–Crippen MR) is 52.7 cm³/mol. The third kappa shape index (κ3) is 1.83. The third-order valence-corrected chi connectivity index (χ3v) is 5.56. The first kappa shape index (κ1) is 10.5. The molecule has 1 aliphatic heterocycles. The lowest BCUT2D eigenvalue weighted by Crippen LogP contribution is -2.56. The van der Waals surface area contributed by atoms with Gasteiger partial charge in [0.2, 0.25) is 10.0 Å². The van der Waals surface area contributed by atoms with Gasteiger partial charge in [0.05, 0.1) is 0 Å². The fraction of sp³-hybridized carbons (Fsp3) is 1.00. The summed E-state index contributed by atoms with van der Waals surface area (Å²) in [6, 6.07) is 0. The zero-order chi connectivity index (χ0) is 9.41. The Morgan fingerprint density at radius 3 is 2.33 bits per heavy atom. The van der Waals surface area contributed by atoms with Crippen molar-refractivity contribution in [3.63, 3.8) is 0 Å². The number of rotatable bonds is 3. The molecule has 1 heterocycles. The van der Waals surface area contributed by atoms with E-state index in [1.165, 1.54) is 4.31 Å². The van der Waals surface area contributed by atoms with Crippen LogP contribution in [0, 0.1) is 5.41 Å². The van der Waals surface area contributed by atoms with Gasteiger partial charge in [0.25, 0.3) is 0 Å². The van der Waals surface area contributed by atoms with Crippen molar-refractivity contribution < 1.29 is 8.42 Å². The van der Waals surface area contributed by atoms with Crippen molar-refractivity contribution in [3.05, 3.63) is 0 Å². The molecule has 0 aromatic heterocycles. The summed E-state index contributed by atoms with van der Waals surface area (Å²) in [6.07, 6.45) is 1.04. The lowest BCUT2D eigenvalue weighted by atomic mass is 9.82. The second kappa shape index (κ2) is 3.27. The van der Waals surface area contributed by atoms with Crippen LogP contribution in [0.4, 0.5) is 0 Å². The van der Waals surface area contributed by atoms with Crippen LogP contribution in [0.5, 0.6) is 0 Å². The number of hydrogen-bond donors (Lipinski definition) is 0. The second-order valence-corrected chi connectivity index (χ2v) is 6.93. The lowest BCUT2D eigenvalue weighted by Gasteiger charge is -2.46. The van der Waals surface area contributed by atoms with Crippen LogP contribution in [0.15, 0.2) is 0 Å². The highest BCUT2D eigenvalue weighted by Gasteiger charge is 2.42. The maximum Gasteiger partial charge on any atom is 0.224 e. The van der Waals surface area contributed by atoms with Crippen LogP contribution in [-0.2, 0) is 10.0 Å². The Balaban J connectivity index is 2.56. The van der Waals surface area contributed by atoms with E-state index in [4.69, 9.17) is 0 Å². The number of nitrogens with zero attached hydrogens (tertiary/aromatic N) is 1. The van der Waals surface area contributed by atoms with E-state index in [-0.39, 0.29) is 10.1 Å². The molecule has 0 aromatic rings. The Kier molecular flexibility index (Phi) is 2.85. The SMILES string of the molecule is CCC1(C)CN(S(=O)(=O)CBr)C1. The molecule has 0 unspecified atom stereocenters. The smallest absolute Gasteiger partial charge is 0.211 e. The molecule has 0 saturated carbocycles. The van der Waals surface area contributed by atoms with Crippen LogP contribution < -0.4 is 0 Å². The maximum absolute atomic E-state index is 11.3. The molecule has 72 valence electrons. The molecule has 5 heteroatoms. The summed E-state index contributed by atoms with van der Waals surface area (Å²) in [5.41, 5.74) is 0.218. The van der Waals surface area contributed by atoms with Crippen LogP contribution >= 0.6 is 15.9 Å². The first-order chi connectivity index (χ1) is 5.43. The topological polar surface area (TPSA) is 37.4 Å². The van der Waals surface area contributed by atoms with E-state index in [9.17, 15) is 8.42 Å². The maximum atomic E-state index is 11.3. The summed E-state index contributed by atoms with van der Waals surface area (Å²) in [4.78, 5) is 0. The quantitative estimate of drug-likeness (QED) is 0.716. The molecule has 0 bridgehead atoms. The minimum absolute atomic E-state index is 0.0415. The molecule has 0 aromatic carbocycles. The van der Waals surface area contributed by atoms with E-state index in [0.717, 1.165) is 6.42 Å². The van der Waals surface area contributed by atoms with E-state index < -0.39 is 10.0 Å². The van der Waals surface area contributed by atoms with Gasteiger partial charge in [-0.1, -0.05) is 29.8 Å². The average molecular weight is 256 g/mol. The summed E-state index contributed by atoms with van der Waals surface area (Å²) < 4.78 is 24.1. The Bertz CT molecular complexity index is 257. The van der Waals surface area contributed by atoms with Gasteiger partial charge in [-0.25, -0.2) is 12.7 Å². The molecule has 3 nitrogen and oxygen atoms in total. The summed E-state index contributed by atoms with van der Waals surface area (Å²) in [6.45, 7) is 5.57. The van der Waals surface area contributed by atoms with E-state index in [1.54, 1.807) is 0 Å². The Hall–Kier alpha value is 0.390. The highest BCUT2D eigenvalue weighted by molar-refractivity contribution is 9.10. The molecule has 0 amide bonds. The first-order valence-corrected chi connectivity index (χ1v) is 6.70. The zero-order valence-corrected chi connectivity index (χ0v) is 9.78. The van der Waals surface area contributed by atoms with E-state index >= 15 is 0 Å². The van der Waals surface area contributed by atoms with Crippen molar-refractivity contribution in [3.8, 4) is 0 Å². The van der Waals surface area contributed by atoms with Crippen molar-refractivity contribution in [2.24, 2.45) is 5.41 Å². The molecule has 0 aliphatic carbocycles. The van der Waals surface area contributed by atoms with Gasteiger partial charge in [0.1, 0.15) is 4.66 Å². The molecule has 0 spiro atoms. The molecule has 1 saturated heterocycles. The monoisotopic (exact) mass is 255 g/mol. The third-order valence-electron chi connectivity index (χ3n) is 2.50. The lowest BCUT2D eigenvalue weighted by molar-refractivity contribution is 0.0867. The Morgan fingerprint density at radius 1 is 1.50 bits per heavy atom. The fourth-order valence-electron chi connectivity index (χ4n) is 1.29. The van der Waals surface area contributed by atoms with Crippen LogP contribution in [0.1, 0.15) is 20.3 Å². The standard InChI is InChI=1S/C7H14BrNO2S/c1-3-7(2)4-9(5-7)12(10,11)6-8/h3-6H2,1-2H3. The van der Waals surface area contributed by atoms with Crippen molar-refractivity contribution >= 4 is 26.0 Å². The van der Waals surface area contributed by atoms with E-state index in [1.807, 2.05) is 0 Å². The predicted octanol–water partition coefficient (Wildman–Crippen LogP) is 1.40. The molecular weight excluding hydrogens is 242 g/mol. The molecule has 1 fully saturated rings. The van der Waals surface area contributed by atoms with Gasteiger partial charge in [-0.15, -0.1) is 0 Å². The minimum atomic E-state index is -2.99. The van der Waals surface area contributed by atoms with Gasteiger partial charge >= 0.3 is 0 Å². The van der Waals surface area contributed by atoms with Gasteiger partial charge in [0, 0.05) is 13.1 Å². The molecule has 0 N–H and O–H groups in total. The van der Waals surface area contributed by atoms with Crippen molar-refractivity contribution in [2.45, 2.75) is 20.3 Å². The van der Waals surface area contributed by atoms with Gasteiger partial charge < -0.3 is 0 Å². The van der Waals surface area contributed by atoms with Crippen molar-refractivity contribution in [1.82, 2.24) is 4.31 Å². The van der Waals surface area contributed by atoms with Gasteiger partial charge in [-0.3, -0.25) is 0 Å². The molecule has 1 aliphatic rings. The number of halogens is 1. The summed E-state index contributed by atoms with van der Waals surface area (Å²) in [7, 11) is -2.99. The summed E-state index contributed by atoms with van der Waals surface area (Å²) in [5, 5.41) is 0. The molecule has 1 rings (SSSR count). The highest BCUT2D eigenvalue weighted by atomic mass is 79.9. The summed E-state index contributed by atoms with van der Waals surface area (Å²) in [5.74, 6) is 0. The second-order valence-electron chi connectivity index (χ2n) is 3.65.